The molecule has 0 aliphatic carbocycles. The Bertz CT molecular complexity index is 215. The molecule has 0 N–H and O–H groups in total. The van der Waals surface area contributed by atoms with Gasteiger partial charge in [-0.25, -0.2) is 8.42 Å². The summed E-state index contributed by atoms with van der Waals surface area (Å²) >= 11 is 0. The minimum atomic E-state index is -2.96. The lowest BCUT2D eigenvalue weighted by Crippen LogP contribution is -2.47. The third-order valence-corrected chi connectivity index (χ3v) is 3.17. The van der Waals surface area contributed by atoms with E-state index in [4.69, 9.17) is 6.92 Å². The van der Waals surface area contributed by atoms with E-state index < -0.39 is 15.3 Å². The van der Waals surface area contributed by atoms with Gasteiger partial charge in [0.15, 0.2) is 9.84 Å². The number of carbonyl (C=O) groups excluding carboxylic acids is 1. The zero-order chi connectivity index (χ0) is 7.12. The fourth-order valence-corrected chi connectivity index (χ4v) is 2.53. The highest BCUT2D eigenvalue weighted by Crippen LogP contribution is 2.28. The molecule has 0 aromatic rings. The quantitative estimate of drug-likeness (QED) is 0.460. The Morgan fingerprint density at radius 3 is 2.00 bits per heavy atom. The van der Waals surface area contributed by atoms with Crippen LogP contribution < -0.4 is 0 Å². The topological polar surface area (TPSA) is 51.2 Å². The van der Waals surface area contributed by atoms with Crippen LogP contribution in [-0.2, 0) is 14.6 Å². The standard InChI is InChI=1S/C5H6O3S/c1-5(2-6)3-9(7,8)4-5/h1-2H,3-4H2. The summed E-state index contributed by atoms with van der Waals surface area (Å²) in [7, 11) is -2.96. The van der Waals surface area contributed by atoms with Gasteiger partial charge in [-0.3, -0.25) is 0 Å². The van der Waals surface area contributed by atoms with Crippen LogP contribution in [0.4, 0.5) is 0 Å². The van der Waals surface area contributed by atoms with Gasteiger partial charge in [0.2, 0.25) is 0 Å². The lowest BCUT2D eigenvalue weighted by molar-refractivity contribution is -0.113. The predicted octanol–water partition coefficient (Wildman–Crippen LogP) is -0.689. The molecular weight excluding hydrogens is 140 g/mol. The maximum atomic E-state index is 10.4. The Kier molecular flexibility index (Phi) is 1.17. The van der Waals surface area contributed by atoms with E-state index in [0.717, 1.165) is 0 Å². The van der Waals surface area contributed by atoms with Crippen LogP contribution in [0.15, 0.2) is 0 Å². The van der Waals surface area contributed by atoms with Crippen LogP contribution in [0.2, 0.25) is 0 Å². The molecule has 0 amide bonds. The molecule has 3 nitrogen and oxygen atoms in total. The number of aldehydes is 1. The second-order valence-electron chi connectivity index (χ2n) is 2.38. The summed E-state index contributed by atoms with van der Waals surface area (Å²) in [5.74, 6) is -0.382. The highest BCUT2D eigenvalue weighted by Gasteiger charge is 2.44. The Hall–Kier alpha value is -0.380. The summed E-state index contributed by atoms with van der Waals surface area (Å²) in [6.45, 7) is 5.23. The van der Waals surface area contributed by atoms with E-state index in [2.05, 4.69) is 0 Å². The van der Waals surface area contributed by atoms with E-state index in [9.17, 15) is 13.2 Å². The van der Waals surface area contributed by atoms with E-state index in [0.29, 0.717) is 6.29 Å². The molecule has 0 bridgehead atoms. The zero-order valence-electron chi connectivity index (χ0n) is 4.70. The normalized spacial score (nSPS) is 28.6. The second-order valence-corrected chi connectivity index (χ2v) is 4.45. The predicted molar refractivity (Wildman–Crippen MR) is 31.5 cm³/mol. The molecule has 1 rings (SSSR count). The average molecular weight is 146 g/mol. The summed E-state index contributed by atoms with van der Waals surface area (Å²) in [5.41, 5.74) is -1.07. The van der Waals surface area contributed by atoms with Crippen LogP contribution in [-0.4, -0.2) is 26.2 Å². The van der Waals surface area contributed by atoms with E-state index in [-0.39, 0.29) is 11.5 Å². The molecule has 50 valence electrons. The molecule has 9 heavy (non-hydrogen) atoms. The molecule has 1 aliphatic heterocycles. The van der Waals surface area contributed by atoms with E-state index in [1.807, 2.05) is 0 Å². The third kappa shape index (κ3) is 1.13. The molecule has 4 heteroatoms. The Morgan fingerprint density at radius 2 is 1.89 bits per heavy atom. The fraction of sp³-hybridized carbons (Fsp3) is 0.600. The van der Waals surface area contributed by atoms with Gasteiger partial charge in [-0.1, -0.05) is 0 Å². The first kappa shape index (κ1) is 6.74. The van der Waals surface area contributed by atoms with Crippen molar-refractivity contribution in [2.24, 2.45) is 5.41 Å². The van der Waals surface area contributed by atoms with Crippen LogP contribution in [0.1, 0.15) is 0 Å². The van der Waals surface area contributed by atoms with Gasteiger partial charge in [0, 0.05) is 0 Å². The first-order valence-electron chi connectivity index (χ1n) is 2.43. The van der Waals surface area contributed by atoms with E-state index in [1.54, 1.807) is 0 Å². The van der Waals surface area contributed by atoms with Gasteiger partial charge >= 0.3 is 0 Å². The minimum Gasteiger partial charge on any atom is -0.303 e. The van der Waals surface area contributed by atoms with Crippen molar-refractivity contribution in [3.63, 3.8) is 0 Å². The summed E-state index contributed by atoms with van der Waals surface area (Å²) in [4.78, 5) is 10.0. The maximum Gasteiger partial charge on any atom is 0.152 e. The van der Waals surface area contributed by atoms with Gasteiger partial charge in [-0.15, -0.1) is 0 Å². The Labute approximate surface area is 54.0 Å². The summed E-state index contributed by atoms with van der Waals surface area (Å²) < 4.78 is 20.8. The van der Waals surface area contributed by atoms with Crippen LogP contribution in [0.3, 0.4) is 0 Å². The van der Waals surface area contributed by atoms with Crippen molar-refractivity contribution in [2.75, 3.05) is 11.5 Å². The lowest BCUT2D eigenvalue weighted by Gasteiger charge is -2.31. The van der Waals surface area contributed by atoms with Crippen molar-refractivity contribution in [1.29, 1.82) is 0 Å². The highest BCUT2D eigenvalue weighted by molar-refractivity contribution is 7.93. The number of sulfone groups is 1. The highest BCUT2D eigenvalue weighted by atomic mass is 32.2. The van der Waals surface area contributed by atoms with Gasteiger partial charge in [0.25, 0.3) is 0 Å². The average Bonchev–Trinajstić information content (AvgIpc) is 1.61. The Morgan fingerprint density at radius 1 is 1.44 bits per heavy atom. The number of carbonyl (C=O) groups is 1. The minimum absolute atomic E-state index is 0.191. The van der Waals surface area contributed by atoms with Crippen molar-refractivity contribution in [3.05, 3.63) is 6.92 Å². The molecule has 1 fully saturated rings. The van der Waals surface area contributed by atoms with Gasteiger partial charge in [0.1, 0.15) is 6.29 Å². The first-order chi connectivity index (χ1) is 3.97. The molecule has 1 heterocycles. The molecule has 1 saturated heterocycles. The molecule has 0 atom stereocenters. The smallest absolute Gasteiger partial charge is 0.152 e. The fourth-order valence-electron chi connectivity index (χ4n) is 0.845. The van der Waals surface area contributed by atoms with Crippen molar-refractivity contribution in [3.8, 4) is 0 Å². The molecule has 0 spiro atoms. The zero-order valence-corrected chi connectivity index (χ0v) is 5.52. The van der Waals surface area contributed by atoms with E-state index in [1.165, 1.54) is 0 Å². The molecule has 0 unspecified atom stereocenters. The van der Waals surface area contributed by atoms with Crippen molar-refractivity contribution in [2.45, 2.75) is 0 Å². The molecule has 0 saturated carbocycles. The lowest BCUT2D eigenvalue weighted by atomic mass is 9.98. The summed E-state index contributed by atoms with van der Waals surface area (Å²) in [6.07, 6.45) is 0.494. The number of hydrogen-bond acceptors (Lipinski definition) is 3. The number of rotatable bonds is 1. The van der Waals surface area contributed by atoms with Crippen LogP contribution in [0.5, 0.6) is 0 Å². The van der Waals surface area contributed by atoms with E-state index >= 15 is 0 Å². The molecule has 0 aromatic heterocycles. The number of hydrogen-bond donors (Lipinski definition) is 0. The molecule has 0 aromatic carbocycles. The maximum absolute atomic E-state index is 10.4. The second kappa shape index (κ2) is 1.56. The van der Waals surface area contributed by atoms with Gasteiger partial charge in [-0.2, -0.15) is 0 Å². The Balaban J connectivity index is 2.72. The van der Waals surface area contributed by atoms with Gasteiger partial charge in [0.05, 0.1) is 16.9 Å². The van der Waals surface area contributed by atoms with Crippen molar-refractivity contribution in [1.82, 2.24) is 0 Å². The van der Waals surface area contributed by atoms with Gasteiger partial charge in [-0.05, 0) is 6.92 Å². The molecular formula is C5H6O3S. The van der Waals surface area contributed by atoms with Crippen LogP contribution >= 0.6 is 0 Å². The van der Waals surface area contributed by atoms with Crippen molar-refractivity contribution < 1.29 is 13.2 Å². The van der Waals surface area contributed by atoms with Crippen LogP contribution in [0.25, 0.3) is 0 Å². The van der Waals surface area contributed by atoms with Crippen LogP contribution in [0, 0.1) is 12.3 Å². The van der Waals surface area contributed by atoms with Crippen molar-refractivity contribution >= 4 is 16.1 Å². The summed E-state index contributed by atoms with van der Waals surface area (Å²) in [6, 6.07) is 0. The largest absolute Gasteiger partial charge is 0.303 e. The first-order valence-corrected chi connectivity index (χ1v) is 4.25. The molecule has 2 radical (unpaired) electrons. The summed E-state index contributed by atoms with van der Waals surface area (Å²) in [5, 5.41) is 0. The SMILES string of the molecule is [CH]C1(C=O)CS(=O)(=O)C1. The molecule has 1 aliphatic rings. The monoisotopic (exact) mass is 146 g/mol. The van der Waals surface area contributed by atoms with Gasteiger partial charge < -0.3 is 4.79 Å². The third-order valence-electron chi connectivity index (χ3n) is 1.21.